The van der Waals surface area contributed by atoms with Crippen molar-refractivity contribution in [3.8, 4) is 0 Å². The van der Waals surface area contributed by atoms with Crippen LogP contribution < -0.4 is 0 Å². The van der Waals surface area contributed by atoms with E-state index >= 15 is 0 Å². The fourth-order valence-corrected chi connectivity index (χ4v) is 2.23. The minimum atomic E-state index is -0.211. The lowest BCUT2D eigenvalue weighted by molar-refractivity contribution is 0.116. The van der Waals surface area contributed by atoms with Gasteiger partial charge in [-0.3, -0.25) is 0 Å². The molecule has 1 atom stereocenters. The lowest BCUT2D eigenvalue weighted by Gasteiger charge is -2.09. The summed E-state index contributed by atoms with van der Waals surface area (Å²) in [5, 5.41) is 0. The van der Waals surface area contributed by atoms with Crippen molar-refractivity contribution in [2.24, 2.45) is 0 Å². The Morgan fingerprint density at radius 3 is 2.38 bits per heavy atom. The summed E-state index contributed by atoms with van der Waals surface area (Å²) in [5.74, 6) is 0. The van der Waals surface area contributed by atoms with Crippen LogP contribution in [0, 0.1) is 0 Å². The molecule has 0 aromatic heterocycles. The molecule has 0 rings (SSSR count). The van der Waals surface area contributed by atoms with E-state index in [0.29, 0.717) is 5.73 Å². The van der Waals surface area contributed by atoms with Gasteiger partial charge in [-0.15, -0.1) is 0 Å². The molecule has 1 nitrogen and oxygen atoms in total. The zero-order valence-electron chi connectivity index (χ0n) is 5.55. The summed E-state index contributed by atoms with van der Waals surface area (Å²) in [7, 11) is -0.211. The van der Waals surface area contributed by atoms with Crippen LogP contribution in [0.2, 0.25) is 0 Å². The summed E-state index contributed by atoms with van der Waals surface area (Å²) in [5.41, 5.74) is 0.503. The molecule has 0 saturated heterocycles. The molecular weight excluding hydrogens is 136 g/mol. The monoisotopic (exact) mass is 150 g/mol. The molecule has 0 amide bonds. The van der Waals surface area contributed by atoms with Crippen LogP contribution in [0.4, 0.5) is 0 Å². The number of hydrogen-bond donors (Lipinski definition) is 1. The van der Waals surface area contributed by atoms with Gasteiger partial charge in [0.1, 0.15) is 8.67 Å². The highest BCUT2D eigenvalue weighted by Crippen LogP contribution is 1.95. The molecular formula is C5H14OSSi. The highest BCUT2D eigenvalue weighted by molar-refractivity contribution is 8.07. The van der Waals surface area contributed by atoms with Crippen molar-refractivity contribution < 1.29 is 4.74 Å². The van der Waals surface area contributed by atoms with Gasteiger partial charge in [-0.1, -0.05) is 6.92 Å². The van der Waals surface area contributed by atoms with E-state index < -0.39 is 0 Å². The van der Waals surface area contributed by atoms with Crippen molar-refractivity contribution in [3.63, 3.8) is 0 Å². The number of thiol groups is 1. The van der Waals surface area contributed by atoms with Crippen LogP contribution in [-0.4, -0.2) is 21.0 Å². The Bertz CT molecular complexity index is 47.7. The van der Waals surface area contributed by atoms with E-state index in [-0.39, 0.29) is 8.67 Å². The van der Waals surface area contributed by atoms with E-state index in [1.165, 1.54) is 0 Å². The van der Waals surface area contributed by atoms with E-state index in [1.54, 1.807) is 0 Å². The molecule has 0 fully saturated rings. The topological polar surface area (TPSA) is 9.23 Å². The summed E-state index contributed by atoms with van der Waals surface area (Å²) in [6.07, 6.45) is 1.13. The maximum absolute atomic E-state index is 5.33. The largest absolute Gasteiger partial charge is 0.382 e. The molecule has 0 aliphatic heterocycles. The fourth-order valence-electron chi connectivity index (χ4n) is 0.535. The molecule has 0 spiro atoms. The molecule has 0 radical (unpaired) electrons. The van der Waals surface area contributed by atoms with Crippen LogP contribution in [0.1, 0.15) is 20.3 Å². The molecule has 0 saturated carbocycles. The van der Waals surface area contributed by atoms with Gasteiger partial charge in [0.15, 0.2) is 0 Å². The van der Waals surface area contributed by atoms with E-state index in [9.17, 15) is 0 Å². The van der Waals surface area contributed by atoms with Crippen molar-refractivity contribution in [1.82, 2.24) is 0 Å². The minimum Gasteiger partial charge on any atom is -0.382 e. The van der Waals surface area contributed by atoms with Gasteiger partial charge in [-0.25, -0.2) is 12.1 Å². The van der Waals surface area contributed by atoms with Crippen LogP contribution in [0.25, 0.3) is 0 Å². The molecule has 0 bridgehead atoms. The van der Waals surface area contributed by atoms with Gasteiger partial charge in [-0.2, -0.15) is 0 Å². The maximum atomic E-state index is 5.33. The van der Waals surface area contributed by atoms with E-state index in [0.717, 1.165) is 13.0 Å². The lowest BCUT2D eigenvalue weighted by atomic mass is 10.5. The van der Waals surface area contributed by atoms with Crippen molar-refractivity contribution in [1.29, 1.82) is 0 Å². The Kier molecular flexibility index (Phi) is 6.03. The van der Waals surface area contributed by atoms with Crippen molar-refractivity contribution >= 4 is 20.7 Å². The second-order valence-electron chi connectivity index (χ2n) is 1.67. The summed E-state index contributed by atoms with van der Waals surface area (Å²) in [6.45, 7) is 5.01. The third kappa shape index (κ3) is 3.52. The van der Waals surface area contributed by atoms with E-state index in [2.05, 4.69) is 19.0 Å². The zero-order chi connectivity index (χ0) is 6.41. The third-order valence-electron chi connectivity index (χ3n) is 1.06. The van der Waals surface area contributed by atoms with E-state index in [1.807, 2.05) is 6.92 Å². The van der Waals surface area contributed by atoms with Gasteiger partial charge in [0.2, 0.25) is 0 Å². The molecule has 8 heavy (non-hydrogen) atoms. The maximum Gasteiger partial charge on any atom is 0.114 e. The summed E-state index contributed by atoms with van der Waals surface area (Å²) < 4.78 is 5.33. The highest BCUT2D eigenvalue weighted by atomic mass is 32.3. The van der Waals surface area contributed by atoms with Gasteiger partial charge in [0, 0.05) is 6.61 Å². The first-order chi connectivity index (χ1) is 3.85. The third-order valence-corrected chi connectivity index (χ3v) is 3.50. The molecule has 50 valence electrons. The molecule has 0 aromatic carbocycles. The van der Waals surface area contributed by atoms with Crippen molar-refractivity contribution in [2.45, 2.75) is 26.0 Å². The molecule has 0 aromatic rings. The Balaban J connectivity index is 3.07. The molecule has 1 unspecified atom stereocenters. The smallest absolute Gasteiger partial charge is 0.114 e. The van der Waals surface area contributed by atoms with Gasteiger partial charge >= 0.3 is 0 Å². The molecule has 3 heteroatoms. The lowest BCUT2D eigenvalue weighted by Crippen LogP contribution is -2.15. The van der Waals surface area contributed by atoms with Gasteiger partial charge in [0.05, 0.1) is 5.73 Å². The van der Waals surface area contributed by atoms with Crippen LogP contribution in [0.3, 0.4) is 0 Å². The average Bonchev–Trinajstić information content (AvgIpc) is 1.83. The number of ether oxygens (including phenoxy) is 1. The Morgan fingerprint density at radius 1 is 1.62 bits per heavy atom. The van der Waals surface area contributed by atoms with E-state index in [4.69, 9.17) is 4.74 Å². The average molecular weight is 150 g/mol. The normalized spacial score (nSPS) is 15.4. The van der Waals surface area contributed by atoms with Crippen molar-refractivity contribution in [2.75, 3.05) is 6.61 Å². The molecule has 0 heterocycles. The predicted octanol–water partition coefficient (Wildman–Crippen LogP) is 0.773. The quantitative estimate of drug-likeness (QED) is 0.460. The van der Waals surface area contributed by atoms with Crippen LogP contribution in [0.5, 0.6) is 0 Å². The van der Waals surface area contributed by atoms with Gasteiger partial charge in [0.25, 0.3) is 0 Å². The molecule has 0 aliphatic rings. The predicted molar refractivity (Wildman–Crippen MR) is 43.2 cm³/mol. The highest BCUT2D eigenvalue weighted by Gasteiger charge is 2.00. The molecule has 0 N–H and O–H groups in total. The van der Waals surface area contributed by atoms with Crippen LogP contribution >= 0.6 is 12.1 Å². The summed E-state index contributed by atoms with van der Waals surface area (Å²) in [6, 6.07) is 0. The first kappa shape index (κ1) is 8.53. The summed E-state index contributed by atoms with van der Waals surface area (Å²) >= 11 is 4.24. The Hall–Kier alpha value is 0.527. The number of rotatable bonds is 4. The second kappa shape index (κ2) is 5.66. The second-order valence-corrected chi connectivity index (χ2v) is 4.04. The Morgan fingerprint density at radius 2 is 2.25 bits per heavy atom. The standard InChI is InChI=1S/C5H14OSSi/c1-3-5(8-7)6-4-2/h5,7H,3-4,8H2,1-2H3. The van der Waals surface area contributed by atoms with Gasteiger partial charge in [-0.05, 0) is 13.3 Å². The Labute approximate surface area is 58.7 Å². The number of hydrogen-bond acceptors (Lipinski definition) is 2. The van der Waals surface area contributed by atoms with Crippen molar-refractivity contribution in [3.05, 3.63) is 0 Å². The first-order valence-corrected chi connectivity index (χ1v) is 6.42. The van der Waals surface area contributed by atoms with Crippen LogP contribution in [-0.2, 0) is 4.74 Å². The minimum absolute atomic E-state index is 0.211. The first-order valence-electron chi connectivity index (χ1n) is 3.07. The zero-order valence-corrected chi connectivity index (χ0v) is 7.86. The SMILES string of the molecule is CCOC(CC)[SiH2]S. The fraction of sp³-hybridized carbons (Fsp3) is 1.00. The summed E-state index contributed by atoms with van der Waals surface area (Å²) in [4.78, 5) is 0. The van der Waals surface area contributed by atoms with Crippen LogP contribution in [0.15, 0.2) is 0 Å². The molecule has 0 aliphatic carbocycles. The van der Waals surface area contributed by atoms with Gasteiger partial charge < -0.3 is 4.74 Å².